The molecule has 2 nitrogen and oxygen atoms in total. The molecule has 0 atom stereocenters. The van der Waals surface area contributed by atoms with Crippen molar-refractivity contribution in [2.75, 3.05) is 7.05 Å². The molecule has 2 aromatic rings. The highest BCUT2D eigenvalue weighted by molar-refractivity contribution is 5.94. The van der Waals surface area contributed by atoms with Crippen LogP contribution in [0.3, 0.4) is 0 Å². The molecular formula is C19H23NO. The van der Waals surface area contributed by atoms with Gasteiger partial charge in [-0.25, -0.2) is 0 Å². The average molecular weight is 281 g/mol. The average Bonchev–Trinajstić information content (AvgIpc) is 2.56. The highest BCUT2D eigenvalue weighted by atomic mass is 16.1. The summed E-state index contributed by atoms with van der Waals surface area (Å²) in [6.45, 7) is 4.47. The van der Waals surface area contributed by atoms with Gasteiger partial charge in [-0.15, -0.1) is 0 Å². The number of hydrogen-bond donors (Lipinski definition) is 1. The molecule has 0 fully saturated rings. The Morgan fingerprint density at radius 3 is 1.81 bits per heavy atom. The van der Waals surface area contributed by atoms with Crippen molar-refractivity contribution in [1.82, 2.24) is 5.32 Å². The summed E-state index contributed by atoms with van der Waals surface area (Å²) >= 11 is 0. The van der Waals surface area contributed by atoms with Gasteiger partial charge in [0.25, 0.3) is 5.91 Å². The van der Waals surface area contributed by atoms with Gasteiger partial charge in [0.05, 0.1) is 0 Å². The van der Waals surface area contributed by atoms with Gasteiger partial charge in [0, 0.05) is 12.6 Å². The van der Waals surface area contributed by atoms with E-state index in [-0.39, 0.29) is 5.91 Å². The maximum atomic E-state index is 11.5. The Bertz CT molecular complexity index is 580. The summed E-state index contributed by atoms with van der Waals surface area (Å²) in [6.07, 6.45) is 2.35. The number of benzene rings is 2. The molecule has 0 spiro atoms. The van der Waals surface area contributed by atoms with E-state index in [9.17, 15) is 4.79 Å². The number of carbonyl (C=O) groups excluding carboxylic acids is 1. The molecule has 1 amide bonds. The molecule has 0 aliphatic heterocycles. The third kappa shape index (κ3) is 3.52. The van der Waals surface area contributed by atoms with E-state index >= 15 is 0 Å². The van der Waals surface area contributed by atoms with Crippen LogP contribution in [0.4, 0.5) is 0 Å². The first-order valence-corrected chi connectivity index (χ1v) is 7.62. The summed E-state index contributed by atoms with van der Waals surface area (Å²) in [5, 5.41) is 2.63. The standard InChI is InChI=1S/C19H23NO/c1-4-14(5-2)15-6-8-16(9-7-15)17-10-12-18(13-11-17)19(21)20-3/h6-14H,4-5H2,1-3H3,(H,20,21). The summed E-state index contributed by atoms with van der Waals surface area (Å²) in [6, 6.07) is 16.5. The molecule has 21 heavy (non-hydrogen) atoms. The second-order valence-electron chi connectivity index (χ2n) is 5.29. The zero-order valence-electron chi connectivity index (χ0n) is 13.0. The highest BCUT2D eigenvalue weighted by Crippen LogP contribution is 2.26. The fraction of sp³-hybridized carbons (Fsp3) is 0.316. The topological polar surface area (TPSA) is 29.1 Å². The summed E-state index contributed by atoms with van der Waals surface area (Å²) in [4.78, 5) is 11.5. The number of carbonyl (C=O) groups is 1. The molecule has 0 saturated heterocycles. The van der Waals surface area contributed by atoms with Crippen molar-refractivity contribution in [3.63, 3.8) is 0 Å². The number of nitrogens with one attached hydrogen (secondary N) is 1. The lowest BCUT2D eigenvalue weighted by Crippen LogP contribution is -2.17. The monoisotopic (exact) mass is 281 g/mol. The Morgan fingerprint density at radius 2 is 1.38 bits per heavy atom. The first-order chi connectivity index (χ1) is 10.2. The third-order valence-corrected chi connectivity index (χ3v) is 4.08. The minimum Gasteiger partial charge on any atom is -0.355 e. The van der Waals surface area contributed by atoms with Gasteiger partial charge in [-0.2, -0.15) is 0 Å². The molecule has 2 heteroatoms. The lowest BCUT2D eigenvalue weighted by molar-refractivity contribution is 0.0963. The SMILES string of the molecule is CCC(CC)c1ccc(-c2ccc(C(=O)NC)cc2)cc1. The van der Waals surface area contributed by atoms with Crippen LogP contribution in [0.1, 0.15) is 48.5 Å². The molecule has 2 rings (SSSR count). The number of hydrogen-bond acceptors (Lipinski definition) is 1. The van der Waals surface area contributed by atoms with Crippen LogP contribution in [0.15, 0.2) is 48.5 Å². The van der Waals surface area contributed by atoms with Crippen LogP contribution in [-0.4, -0.2) is 13.0 Å². The fourth-order valence-electron chi connectivity index (χ4n) is 2.67. The maximum Gasteiger partial charge on any atom is 0.251 e. The van der Waals surface area contributed by atoms with Crippen LogP contribution >= 0.6 is 0 Å². The summed E-state index contributed by atoms with van der Waals surface area (Å²) in [5.74, 6) is 0.598. The summed E-state index contributed by atoms with van der Waals surface area (Å²) in [5.41, 5.74) is 4.42. The molecule has 0 saturated carbocycles. The van der Waals surface area contributed by atoms with E-state index < -0.39 is 0 Å². The minimum atomic E-state index is -0.0503. The van der Waals surface area contributed by atoms with E-state index in [2.05, 4.69) is 43.4 Å². The second kappa shape index (κ2) is 7.07. The van der Waals surface area contributed by atoms with Gasteiger partial charge in [-0.3, -0.25) is 4.79 Å². The Balaban J connectivity index is 2.20. The number of amides is 1. The van der Waals surface area contributed by atoms with Crippen molar-refractivity contribution in [2.45, 2.75) is 32.6 Å². The molecule has 0 bridgehead atoms. The predicted octanol–water partition coefficient (Wildman–Crippen LogP) is 4.62. The van der Waals surface area contributed by atoms with Crippen molar-refractivity contribution < 1.29 is 4.79 Å². The van der Waals surface area contributed by atoms with Crippen molar-refractivity contribution in [3.8, 4) is 11.1 Å². The van der Waals surface area contributed by atoms with Crippen molar-refractivity contribution in [1.29, 1.82) is 0 Å². The van der Waals surface area contributed by atoms with Crippen molar-refractivity contribution in [2.24, 2.45) is 0 Å². The van der Waals surface area contributed by atoms with E-state index in [1.54, 1.807) is 7.05 Å². The van der Waals surface area contributed by atoms with E-state index in [1.165, 1.54) is 24.0 Å². The van der Waals surface area contributed by atoms with Gasteiger partial charge in [0.15, 0.2) is 0 Å². The fourth-order valence-corrected chi connectivity index (χ4v) is 2.67. The Hall–Kier alpha value is -2.09. The largest absolute Gasteiger partial charge is 0.355 e. The smallest absolute Gasteiger partial charge is 0.251 e. The van der Waals surface area contributed by atoms with E-state index in [4.69, 9.17) is 0 Å². The summed E-state index contributed by atoms with van der Waals surface area (Å²) in [7, 11) is 1.65. The zero-order valence-corrected chi connectivity index (χ0v) is 13.0. The highest BCUT2D eigenvalue weighted by Gasteiger charge is 2.07. The lowest BCUT2D eigenvalue weighted by Gasteiger charge is -2.13. The van der Waals surface area contributed by atoms with Crippen LogP contribution in [0.25, 0.3) is 11.1 Å². The van der Waals surface area contributed by atoms with Gasteiger partial charge in [-0.05, 0) is 47.6 Å². The Labute approximate surface area is 127 Å². The quantitative estimate of drug-likeness (QED) is 0.851. The van der Waals surface area contributed by atoms with Gasteiger partial charge < -0.3 is 5.32 Å². The number of rotatable bonds is 5. The Kier molecular flexibility index (Phi) is 5.15. The molecule has 0 heterocycles. The molecule has 0 aliphatic carbocycles. The minimum absolute atomic E-state index is 0.0503. The predicted molar refractivity (Wildman–Crippen MR) is 88.6 cm³/mol. The molecular weight excluding hydrogens is 258 g/mol. The zero-order chi connectivity index (χ0) is 15.2. The maximum absolute atomic E-state index is 11.5. The van der Waals surface area contributed by atoms with E-state index in [0.717, 1.165) is 5.56 Å². The normalized spacial score (nSPS) is 10.7. The molecule has 0 unspecified atom stereocenters. The van der Waals surface area contributed by atoms with Crippen LogP contribution in [-0.2, 0) is 0 Å². The van der Waals surface area contributed by atoms with Gasteiger partial charge in [0.2, 0.25) is 0 Å². The molecule has 1 N–H and O–H groups in total. The van der Waals surface area contributed by atoms with Crippen molar-refractivity contribution >= 4 is 5.91 Å². The van der Waals surface area contributed by atoms with Gasteiger partial charge in [-0.1, -0.05) is 50.2 Å². The molecule has 0 aromatic heterocycles. The van der Waals surface area contributed by atoms with Crippen molar-refractivity contribution in [3.05, 3.63) is 59.7 Å². The van der Waals surface area contributed by atoms with Crippen LogP contribution in [0.5, 0.6) is 0 Å². The van der Waals surface area contributed by atoms with Gasteiger partial charge >= 0.3 is 0 Å². The molecule has 0 radical (unpaired) electrons. The van der Waals surface area contributed by atoms with Crippen LogP contribution in [0.2, 0.25) is 0 Å². The second-order valence-corrected chi connectivity index (χ2v) is 5.29. The van der Waals surface area contributed by atoms with Crippen LogP contribution in [0, 0.1) is 0 Å². The summed E-state index contributed by atoms with van der Waals surface area (Å²) < 4.78 is 0. The lowest BCUT2D eigenvalue weighted by atomic mass is 9.92. The van der Waals surface area contributed by atoms with Crippen LogP contribution < -0.4 is 5.32 Å². The molecule has 110 valence electrons. The van der Waals surface area contributed by atoms with Gasteiger partial charge in [0.1, 0.15) is 0 Å². The Morgan fingerprint density at radius 1 is 0.905 bits per heavy atom. The van der Waals surface area contributed by atoms with E-state index in [0.29, 0.717) is 11.5 Å². The third-order valence-electron chi connectivity index (χ3n) is 4.08. The molecule has 0 aliphatic rings. The van der Waals surface area contributed by atoms with E-state index in [1.807, 2.05) is 24.3 Å². The first kappa shape index (κ1) is 15.3. The molecule has 2 aromatic carbocycles. The first-order valence-electron chi connectivity index (χ1n) is 7.62.